The van der Waals surface area contributed by atoms with Crippen molar-refractivity contribution >= 4 is 23.3 Å². The molecule has 0 fully saturated rings. The molecular formula is C23H22ClFN2O2. The van der Waals surface area contributed by atoms with E-state index in [9.17, 15) is 9.18 Å². The van der Waals surface area contributed by atoms with Crippen LogP contribution in [0.3, 0.4) is 0 Å². The number of rotatable bonds is 7. The highest BCUT2D eigenvalue weighted by atomic mass is 35.5. The summed E-state index contributed by atoms with van der Waals surface area (Å²) < 4.78 is 19.9. The summed E-state index contributed by atoms with van der Waals surface area (Å²) in [6.45, 7) is 3.97. The average molecular weight is 413 g/mol. The maximum absolute atomic E-state index is 14.3. The molecule has 0 spiro atoms. The first kappa shape index (κ1) is 20.8. The summed E-state index contributed by atoms with van der Waals surface area (Å²) in [6.07, 6.45) is 1.57. The quantitative estimate of drug-likeness (QED) is 0.506. The molecule has 0 aliphatic heterocycles. The van der Waals surface area contributed by atoms with Crippen LogP contribution in [-0.2, 0) is 11.3 Å². The molecule has 0 radical (unpaired) electrons. The van der Waals surface area contributed by atoms with Crippen LogP contribution in [0.2, 0.25) is 5.02 Å². The second-order valence-corrected chi connectivity index (χ2v) is 7.29. The largest absolute Gasteiger partial charge is 0.484 e. The van der Waals surface area contributed by atoms with Crippen LogP contribution in [0.15, 0.2) is 66.9 Å². The number of hydrogen-bond acceptors (Lipinski definition) is 3. The van der Waals surface area contributed by atoms with Crippen molar-refractivity contribution in [1.82, 2.24) is 4.98 Å². The number of pyridine rings is 1. The summed E-state index contributed by atoms with van der Waals surface area (Å²) in [4.78, 5) is 18.5. The van der Waals surface area contributed by atoms with Gasteiger partial charge in [0.25, 0.3) is 5.91 Å². The third kappa shape index (κ3) is 5.33. The van der Waals surface area contributed by atoms with E-state index in [-0.39, 0.29) is 29.6 Å². The number of nitrogens with zero attached hydrogens (tertiary/aromatic N) is 2. The van der Waals surface area contributed by atoms with E-state index in [1.165, 1.54) is 22.6 Å². The number of halogens is 2. The van der Waals surface area contributed by atoms with Crippen molar-refractivity contribution < 1.29 is 13.9 Å². The molecule has 0 bridgehead atoms. The van der Waals surface area contributed by atoms with Crippen molar-refractivity contribution in [2.45, 2.75) is 26.3 Å². The van der Waals surface area contributed by atoms with Gasteiger partial charge in [0.15, 0.2) is 6.61 Å². The highest BCUT2D eigenvalue weighted by molar-refractivity contribution is 6.31. The van der Waals surface area contributed by atoms with Gasteiger partial charge in [-0.3, -0.25) is 9.69 Å². The monoisotopic (exact) mass is 412 g/mol. The number of anilines is 1. The van der Waals surface area contributed by atoms with Crippen molar-refractivity contribution in [2.75, 3.05) is 11.5 Å². The fourth-order valence-electron chi connectivity index (χ4n) is 2.82. The molecule has 0 unspecified atom stereocenters. The van der Waals surface area contributed by atoms with Crippen molar-refractivity contribution in [3.63, 3.8) is 0 Å². The Hall–Kier alpha value is -2.92. The number of hydrogen-bond donors (Lipinski definition) is 0. The Morgan fingerprint density at radius 3 is 2.48 bits per heavy atom. The van der Waals surface area contributed by atoms with E-state index < -0.39 is 5.82 Å². The molecule has 29 heavy (non-hydrogen) atoms. The predicted octanol–water partition coefficient (Wildman–Crippen LogP) is 5.61. The molecule has 6 heteroatoms. The van der Waals surface area contributed by atoms with Gasteiger partial charge in [-0.05, 0) is 47.9 Å². The topological polar surface area (TPSA) is 42.4 Å². The van der Waals surface area contributed by atoms with Gasteiger partial charge in [-0.2, -0.15) is 0 Å². The third-order valence-electron chi connectivity index (χ3n) is 4.51. The number of ether oxygens (including phenoxy) is 1. The van der Waals surface area contributed by atoms with Gasteiger partial charge in [0.2, 0.25) is 0 Å². The number of carbonyl (C=O) groups is 1. The molecule has 150 valence electrons. The van der Waals surface area contributed by atoms with E-state index >= 15 is 0 Å². The summed E-state index contributed by atoms with van der Waals surface area (Å²) in [5, 5.41) is 0.254. The van der Waals surface area contributed by atoms with Crippen LogP contribution < -0.4 is 9.64 Å². The Kier molecular flexibility index (Phi) is 6.83. The highest BCUT2D eigenvalue weighted by Gasteiger charge is 2.21. The lowest BCUT2D eigenvalue weighted by Gasteiger charge is -2.23. The smallest absolute Gasteiger partial charge is 0.266 e. The first-order chi connectivity index (χ1) is 14.0. The van der Waals surface area contributed by atoms with Gasteiger partial charge >= 0.3 is 0 Å². The van der Waals surface area contributed by atoms with Gasteiger partial charge in [-0.15, -0.1) is 0 Å². The first-order valence-electron chi connectivity index (χ1n) is 9.32. The van der Waals surface area contributed by atoms with Gasteiger partial charge in [0, 0.05) is 16.8 Å². The summed E-state index contributed by atoms with van der Waals surface area (Å²) in [5.41, 5.74) is 1.42. The molecule has 0 aliphatic rings. The third-order valence-corrected chi connectivity index (χ3v) is 4.87. The molecule has 3 rings (SSSR count). The normalized spacial score (nSPS) is 10.8. The summed E-state index contributed by atoms with van der Waals surface area (Å²) in [7, 11) is 0. The molecular weight excluding hydrogens is 391 g/mol. The van der Waals surface area contributed by atoms with Crippen LogP contribution in [0.5, 0.6) is 5.75 Å². The number of aromatic nitrogens is 1. The minimum absolute atomic E-state index is 0.0446. The zero-order chi connectivity index (χ0) is 20.8. The molecule has 3 aromatic rings. The summed E-state index contributed by atoms with van der Waals surface area (Å²) >= 11 is 6.15. The molecule has 0 saturated carbocycles. The summed E-state index contributed by atoms with van der Waals surface area (Å²) in [5.74, 6) is 0.575. The van der Waals surface area contributed by atoms with Crippen LogP contribution in [0.4, 0.5) is 10.2 Å². The van der Waals surface area contributed by atoms with Crippen LogP contribution in [0.1, 0.15) is 30.9 Å². The lowest BCUT2D eigenvalue weighted by atomic mass is 10.0. The molecule has 2 aromatic carbocycles. The van der Waals surface area contributed by atoms with E-state index in [1.807, 2.05) is 24.3 Å². The van der Waals surface area contributed by atoms with Crippen molar-refractivity contribution in [3.8, 4) is 5.75 Å². The van der Waals surface area contributed by atoms with Crippen molar-refractivity contribution in [3.05, 3.63) is 88.8 Å². The molecule has 1 aromatic heterocycles. The van der Waals surface area contributed by atoms with Crippen LogP contribution >= 0.6 is 11.6 Å². The molecule has 0 saturated heterocycles. The highest BCUT2D eigenvalue weighted by Crippen LogP contribution is 2.24. The van der Waals surface area contributed by atoms with E-state index in [2.05, 4.69) is 18.8 Å². The molecule has 1 heterocycles. The van der Waals surface area contributed by atoms with Gasteiger partial charge in [0.1, 0.15) is 17.4 Å². The SMILES string of the molecule is CC(C)c1ccc(OCC(=O)N(Cc2c(F)cccc2Cl)c2ccccn2)cc1. The lowest BCUT2D eigenvalue weighted by molar-refractivity contribution is -0.120. The Morgan fingerprint density at radius 2 is 1.86 bits per heavy atom. The standard InChI is InChI=1S/C23H22ClFN2O2/c1-16(2)17-9-11-18(12-10-17)29-15-23(28)27(22-8-3-4-13-26-22)14-19-20(24)6-5-7-21(19)25/h3-13,16H,14-15H2,1-2H3. The molecule has 0 aliphatic carbocycles. The van der Waals surface area contributed by atoms with E-state index in [4.69, 9.17) is 16.3 Å². The Bertz CT molecular complexity index is 942. The Morgan fingerprint density at radius 1 is 1.10 bits per heavy atom. The number of carbonyl (C=O) groups excluding carboxylic acids is 1. The Balaban J connectivity index is 1.78. The molecule has 0 atom stereocenters. The molecule has 4 nitrogen and oxygen atoms in total. The summed E-state index contributed by atoms with van der Waals surface area (Å²) in [6, 6.07) is 17.2. The van der Waals surface area contributed by atoms with E-state index in [1.54, 1.807) is 30.5 Å². The van der Waals surface area contributed by atoms with E-state index in [0.29, 0.717) is 17.5 Å². The van der Waals surface area contributed by atoms with E-state index in [0.717, 1.165) is 0 Å². The minimum Gasteiger partial charge on any atom is -0.484 e. The number of benzene rings is 2. The van der Waals surface area contributed by atoms with Gasteiger partial charge in [-0.1, -0.05) is 49.7 Å². The van der Waals surface area contributed by atoms with Gasteiger partial charge in [-0.25, -0.2) is 9.37 Å². The maximum Gasteiger partial charge on any atom is 0.266 e. The minimum atomic E-state index is -0.476. The fourth-order valence-corrected chi connectivity index (χ4v) is 3.05. The van der Waals surface area contributed by atoms with Crippen LogP contribution in [0, 0.1) is 5.82 Å². The maximum atomic E-state index is 14.3. The predicted molar refractivity (Wildman–Crippen MR) is 113 cm³/mol. The van der Waals surface area contributed by atoms with Gasteiger partial charge < -0.3 is 4.74 Å². The lowest BCUT2D eigenvalue weighted by Crippen LogP contribution is -2.35. The van der Waals surface area contributed by atoms with Gasteiger partial charge in [0.05, 0.1) is 6.54 Å². The second-order valence-electron chi connectivity index (χ2n) is 6.88. The molecule has 0 N–H and O–H groups in total. The number of amides is 1. The van der Waals surface area contributed by atoms with Crippen molar-refractivity contribution in [1.29, 1.82) is 0 Å². The average Bonchev–Trinajstić information content (AvgIpc) is 2.73. The molecule has 1 amide bonds. The van der Waals surface area contributed by atoms with Crippen molar-refractivity contribution in [2.24, 2.45) is 0 Å². The first-order valence-corrected chi connectivity index (χ1v) is 9.70. The zero-order valence-corrected chi connectivity index (χ0v) is 17.1. The zero-order valence-electron chi connectivity index (χ0n) is 16.3. The van der Waals surface area contributed by atoms with Crippen LogP contribution in [0.25, 0.3) is 0 Å². The second kappa shape index (κ2) is 9.52. The fraction of sp³-hybridized carbons (Fsp3) is 0.217. The van der Waals surface area contributed by atoms with Crippen LogP contribution in [-0.4, -0.2) is 17.5 Å². The Labute approximate surface area is 174 Å².